The first-order valence-electron chi connectivity index (χ1n) is 38.5. The SMILES string of the molecule is C.CCCCCCCCCCCCCCCCCCSc1ccc(-c2[nH]c(O)c3c2C(=O)N=C3c2ccc(C)cc2)cc1.CCCCCCCCCCCCCCCCCCSc1ccc(C#N)cc1.Cc1ccc(C#N)cc1.Cc1ccc(C2=NC(=O)c3c(-c4ccc(C)cc4)[nH]c(O)c32)cc1. The topological polar surface area (TPSA) is 178 Å². The van der Waals surface area contributed by atoms with E-state index in [0.29, 0.717) is 45.1 Å². The highest BCUT2D eigenvalue weighted by atomic mass is 32.2. The van der Waals surface area contributed by atoms with Crippen molar-refractivity contribution in [2.75, 3.05) is 11.5 Å². The van der Waals surface area contributed by atoms with Gasteiger partial charge < -0.3 is 20.2 Å². The normalized spacial score (nSPS) is 11.8. The average Bonchev–Trinajstić information content (AvgIpc) is 1.60. The fourth-order valence-electron chi connectivity index (χ4n) is 12.9. The maximum absolute atomic E-state index is 12.9. The van der Waals surface area contributed by atoms with E-state index in [4.69, 9.17) is 10.5 Å². The van der Waals surface area contributed by atoms with Crippen LogP contribution < -0.4 is 0 Å². The number of hydrogen-bond acceptors (Lipinski definition) is 8. The number of carbonyl (C=O) groups excluding carboxylic acids is 2. The van der Waals surface area contributed by atoms with Crippen LogP contribution in [0.5, 0.6) is 11.8 Å². The smallest absolute Gasteiger partial charge is 0.280 e. The molecule has 103 heavy (non-hydrogen) atoms. The third kappa shape index (κ3) is 28.8. The minimum absolute atomic E-state index is 0. The van der Waals surface area contributed by atoms with Gasteiger partial charge in [0.2, 0.25) is 0 Å². The van der Waals surface area contributed by atoms with Crippen LogP contribution in [-0.4, -0.2) is 54.9 Å². The molecule has 0 atom stereocenters. The van der Waals surface area contributed by atoms with E-state index in [1.54, 1.807) is 0 Å². The van der Waals surface area contributed by atoms with Crippen LogP contribution in [0.2, 0.25) is 0 Å². The molecule has 4 heterocycles. The predicted octanol–water partition coefficient (Wildman–Crippen LogP) is 26.5. The minimum atomic E-state index is -0.326. The van der Waals surface area contributed by atoms with Crippen molar-refractivity contribution in [1.29, 1.82) is 10.5 Å². The molecule has 0 radical (unpaired) electrons. The number of fused-ring (bicyclic) bond motifs is 2. The van der Waals surface area contributed by atoms with E-state index in [1.807, 2.05) is 173 Å². The number of aliphatic imine (C=N–C) groups is 2. The van der Waals surface area contributed by atoms with Gasteiger partial charge in [0.1, 0.15) is 0 Å². The summed E-state index contributed by atoms with van der Waals surface area (Å²) in [4.78, 5) is 42.3. The maximum Gasteiger partial charge on any atom is 0.280 e. The number of carbonyl (C=O) groups is 2. The Morgan fingerprint density at radius 2 is 0.563 bits per heavy atom. The number of aromatic amines is 2. The zero-order chi connectivity index (χ0) is 72.5. The zero-order valence-corrected chi connectivity index (χ0v) is 63.8. The highest BCUT2D eigenvalue weighted by Gasteiger charge is 2.35. The molecule has 0 fully saturated rings. The molecule has 12 heteroatoms. The molecule has 548 valence electrons. The first-order chi connectivity index (χ1) is 49.8. The van der Waals surface area contributed by atoms with Gasteiger partial charge in [0.15, 0.2) is 11.8 Å². The number of nitriles is 2. The van der Waals surface area contributed by atoms with E-state index in [2.05, 4.69) is 70.2 Å². The lowest BCUT2D eigenvalue weighted by Gasteiger charge is -2.05. The van der Waals surface area contributed by atoms with Gasteiger partial charge in [-0.05, 0) is 112 Å². The summed E-state index contributed by atoms with van der Waals surface area (Å²) in [6.45, 7) is 12.6. The van der Waals surface area contributed by atoms with E-state index in [1.165, 1.54) is 227 Å². The van der Waals surface area contributed by atoms with Crippen molar-refractivity contribution < 1.29 is 19.8 Å². The van der Waals surface area contributed by atoms with Crippen molar-refractivity contribution in [3.05, 3.63) is 212 Å². The Morgan fingerprint density at radius 3 is 0.845 bits per heavy atom. The number of aryl methyl sites for hydroxylation is 4. The number of aromatic nitrogens is 2. The Kier molecular flexibility index (Phi) is 39.0. The predicted molar refractivity (Wildman–Crippen MR) is 437 cm³/mol. The third-order valence-electron chi connectivity index (χ3n) is 19.1. The van der Waals surface area contributed by atoms with E-state index in [0.717, 1.165) is 55.8 Å². The van der Waals surface area contributed by atoms with E-state index in [-0.39, 0.29) is 31.0 Å². The third-order valence-corrected chi connectivity index (χ3v) is 21.3. The molecular formula is C91H118N6O4S2. The number of unbranched alkanes of at least 4 members (excludes halogenated alkanes) is 30. The summed E-state index contributed by atoms with van der Waals surface area (Å²) in [5.74, 6) is 1.66. The second kappa shape index (κ2) is 48.0. The van der Waals surface area contributed by atoms with Gasteiger partial charge in [0.25, 0.3) is 11.8 Å². The molecule has 0 spiro atoms. The monoisotopic (exact) mass is 1420 g/mol. The Labute approximate surface area is 627 Å². The summed E-state index contributed by atoms with van der Waals surface area (Å²) in [6.07, 6.45) is 45.1. The first-order valence-corrected chi connectivity index (χ1v) is 40.5. The number of H-pyrrole nitrogens is 2. The molecule has 0 bridgehead atoms. The van der Waals surface area contributed by atoms with Crippen LogP contribution in [0.15, 0.2) is 165 Å². The van der Waals surface area contributed by atoms with Gasteiger partial charge in [0, 0.05) is 20.9 Å². The summed E-state index contributed by atoms with van der Waals surface area (Å²) in [5.41, 5.74) is 13.6. The Morgan fingerprint density at radius 1 is 0.330 bits per heavy atom. The van der Waals surface area contributed by atoms with Crippen LogP contribution >= 0.6 is 23.5 Å². The first kappa shape index (κ1) is 83.8. The lowest BCUT2D eigenvalue weighted by molar-refractivity contribution is 0.0998. The molecule has 10 rings (SSSR count). The van der Waals surface area contributed by atoms with Gasteiger partial charge in [-0.3, -0.25) is 9.59 Å². The van der Waals surface area contributed by atoms with Crippen LogP contribution in [0.1, 0.15) is 303 Å². The summed E-state index contributed by atoms with van der Waals surface area (Å²) in [6, 6.07) is 51.3. The van der Waals surface area contributed by atoms with E-state index >= 15 is 0 Å². The number of amides is 2. The van der Waals surface area contributed by atoms with Crippen molar-refractivity contribution in [3.8, 4) is 46.4 Å². The largest absolute Gasteiger partial charge is 0.494 e. The molecule has 4 N–H and O–H groups in total. The van der Waals surface area contributed by atoms with E-state index < -0.39 is 0 Å². The minimum Gasteiger partial charge on any atom is -0.494 e. The summed E-state index contributed by atoms with van der Waals surface area (Å²) >= 11 is 3.81. The number of nitrogens with zero attached hydrogens (tertiary/aromatic N) is 4. The molecule has 8 aromatic rings. The second-order valence-electron chi connectivity index (χ2n) is 27.8. The molecule has 2 aromatic heterocycles. The fourth-order valence-corrected chi connectivity index (χ4v) is 14.8. The van der Waals surface area contributed by atoms with Crippen LogP contribution in [-0.2, 0) is 0 Å². The van der Waals surface area contributed by atoms with Crippen molar-refractivity contribution in [2.24, 2.45) is 9.98 Å². The quantitative estimate of drug-likeness (QED) is 0.0216. The molecule has 10 nitrogen and oxygen atoms in total. The van der Waals surface area contributed by atoms with Gasteiger partial charge in [-0.15, -0.1) is 23.5 Å². The summed E-state index contributed by atoms with van der Waals surface area (Å²) < 4.78 is 0. The Bertz CT molecular complexity index is 3910. The van der Waals surface area contributed by atoms with Crippen LogP contribution in [0.3, 0.4) is 0 Å². The molecule has 0 saturated heterocycles. The van der Waals surface area contributed by atoms with E-state index in [9.17, 15) is 19.8 Å². The highest BCUT2D eigenvalue weighted by Crippen LogP contribution is 2.40. The molecule has 2 aliphatic rings. The molecule has 0 unspecified atom stereocenters. The molecular weight excluding hydrogens is 1310 g/mol. The van der Waals surface area contributed by atoms with Crippen molar-refractivity contribution >= 4 is 46.8 Å². The van der Waals surface area contributed by atoms with Gasteiger partial charge in [-0.25, -0.2) is 9.98 Å². The lowest BCUT2D eigenvalue weighted by Crippen LogP contribution is -1.99. The lowest BCUT2D eigenvalue weighted by atomic mass is 9.99. The highest BCUT2D eigenvalue weighted by molar-refractivity contribution is 7.99. The van der Waals surface area contributed by atoms with Gasteiger partial charge in [0.05, 0.1) is 68.3 Å². The summed E-state index contributed by atoms with van der Waals surface area (Å²) in [5, 5.41) is 38.3. The number of hydrogen-bond donors (Lipinski definition) is 4. The number of rotatable bonds is 40. The number of benzene rings is 6. The van der Waals surface area contributed by atoms with Gasteiger partial charge >= 0.3 is 0 Å². The van der Waals surface area contributed by atoms with Crippen LogP contribution in [0, 0.1) is 50.4 Å². The Hall–Kier alpha value is -8.16. The molecule has 2 amide bonds. The maximum atomic E-state index is 12.9. The molecule has 6 aromatic carbocycles. The number of thioether (sulfide) groups is 2. The Balaban J connectivity index is 0.000000236. The van der Waals surface area contributed by atoms with Gasteiger partial charge in [-0.2, -0.15) is 10.5 Å². The van der Waals surface area contributed by atoms with Crippen molar-refractivity contribution in [2.45, 2.75) is 264 Å². The summed E-state index contributed by atoms with van der Waals surface area (Å²) in [7, 11) is 0. The second-order valence-corrected chi connectivity index (χ2v) is 30.1. The number of nitrogens with one attached hydrogen (secondary N) is 2. The van der Waals surface area contributed by atoms with Crippen molar-refractivity contribution in [3.63, 3.8) is 0 Å². The molecule has 0 aliphatic carbocycles. The molecule has 0 saturated carbocycles. The fraction of sp³-hybridized carbons (Fsp3) is 0.451. The van der Waals surface area contributed by atoms with Gasteiger partial charge in [-0.1, -0.05) is 333 Å². The van der Waals surface area contributed by atoms with Crippen molar-refractivity contribution in [1.82, 2.24) is 9.97 Å². The van der Waals surface area contributed by atoms with Crippen LogP contribution in [0.4, 0.5) is 0 Å². The van der Waals surface area contributed by atoms with Crippen LogP contribution in [0.25, 0.3) is 22.5 Å². The molecule has 2 aliphatic heterocycles. The standard InChI is InChI=1S/C37H50N2O2S.C25H41NS.C20H16N2O2.C8H7N.CH4/c1-3-4-5-6-7-8-9-10-11-12-13-14-15-16-17-18-27-42-31-25-23-30(24-26-31)35-33-32(36(40)39-35)34(38-37(33)41)29-21-19-28(2)20-22-29;1-2-3-4-5-6-7-8-9-10-11-12-13-14-15-16-17-22-27-25-20-18-24(23-26)19-21-25;1-11-3-7-13(8-4-11)17-15-16(20(24)21-17)18(22-19(15)23)14-9-5-12(2)6-10-14;1-7-2-4-8(6-9)5-3-7;/h19-26,39-40H,3-18,27H2,1-2H3;18-21H,2-17,22H2,1H3;3-10,21,24H,1-2H3;2-5H,1H3;1H4. The average molecular weight is 1420 g/mol. The number of aromatic hydroxyl groups is 2. The zero-order valence-electron chi connectivity index (χ0n) is 62.2.